The number of hydrogen-bond acceptors (Lipinski definition) is 4. The summed E-state index contributed by atoms with van der Waals surface area (Å²) in [6.45, 7) is 0. The maximum Gasteiger partial charge on any atom is 0.164 e. The molecule has 2 aliphatic carbocycles. The fourth-order valence-corrected chi connectivity index (χ4v) is 9.33. The maximum atomic E-state index is 6.53. The number of furan rings is 1. The highest BCUT2D eigenvalue weighted by Crippen LogP contribution is 2.56. The van der Waals surface area contributed by atoms with E-state index in [1.807, 2.05) is 18.2 Å². The van der Waals surface area contributed by atoms with Crippen molar-refractivity contribution in [1.82, 2.24) is 15.0 Å². The van der Waals surface area contributed by atoms with E-state index in [0.29, 0.717) is 17.5 Å². The molecule has 9 aromatic rings. The highest BCUT2D eigenvalue weighted by molar-refractivity contribution is 6.13. The molecule has 0 aliphatic heterocycles. The summed E-state index contributed by atoms with van der Waals surface area (Å²) in [5.74, 6) is 1.91. The number of hydrogen-bond donors (Lipinski definition) is 0. The third-order valence-electron chi connectivity index (χ3n) is 12.0. The van der Waals surface area contributed by atoms with Gasteiger partial charge >= 0.3 is 0 Å². The summed E-state index contributed by atoms with van der Waals surface area (Å²) >= 11 is 0. The Morgan fingerprint density at radius 2 is 0.945 bits per heavy atom. The van der Waals surface area contributed by atoms with Crippen molar-refractivity contribution in [3.63, 3.8) is 0 Å². The van der Waals surface area contributed by atoms with Crippen molar-refractivity contribution in [1.29, 1.82) is 0 Å². The van der Waals surface area contributed by atoms with E-state index in [2.05, 4.69) is 146 Å². The maximum absolute atomic E-state index is 6.53. The molecular formula is C51H37N3O. The molecule has 262 valence electrons. The summed E-state index contributed by atoms with van der Waals surface area (Å²) in [5, 5.41) is 2.18. The molecule has 7 aromatic carbocycles. The Kier molecular flexibility index (Phi) is 7.38. The van der Waals surface area contributed by atoms with Gasteiger partial charge in [0.15, 0.2) is 17.5 Å². The van der Waals surface area contributed by atoms with Gasteiger partial charge in [0.2, 0.25) is 0 Å². The van der Waals surface area contributed by atoms with Crippen LogP contribution in [0.25, 0.3) is 89.5 Å². The smallest absolute Gasteiger partial charge is 0.164 e. The minimum Gasteiger partial charge on any atom is -0.456 e. The first-order valence-electron chi connectivity index (χ1n) is 19.4. The molecule has 55 heavy (non-hydrogen) atoms. The molecule has 0 radical (unpaired) electrons. The number of fused-ring (bicyclic) bond motifs is 8. The van der Waals surface area contributed by atoms with Gasteiger partial charge in [-0.05, 0) is 81.6 Å². The van der Waals surface area contributed by atoms with Gasteiger partial charge < -0.3 is 4.42 Å². The van der Waals surface area contributed by atoms with Crippen LogP contribution < -0.4 is 0 Å². The van der Waals surface area contributed by atoms with Crippen LogP contribution in [0.4, 0.5) is 0 Å². The van der Waals surface area contributed by atoms with Crippen LogP contribution in [-0.4, -0.2) is 15.0 Å². The largest absolute Gasteiger partial charge is 0.456 e. The lowest BCUT2D eigenvalue weighted by Gasteiger charge is -2.35. The van der Waals surface area contributed by atoms with Crippen LogP contribution in [0, 0.1) is 0 Å². The Labute approximate surface area is 320 Å². The highest BCUT2D eigenvalue weighted by atomic mass is 16.3. The molecule has 1 fully saturated rings. The highest BCUT2D eigenvalue weighted by Gasteiger charge is 2.43. The second kappa shape index (κ2) is 12.7. The number of aromatic nitrogens is 3. The quantitative estimate of drug-likeness (QED) is 0.179. The third-order valence-corrected chi connectivity index (χ3v) is 12.0. The minimum atomic E-state index is 0.0982. The van der Waals surface area contributed by atoms with Gasteiger partial charge in [-0.25, -0.2) is 15.0 Å². The molecular weight excluding hydrogens is 671 g/mol. The van der Waals surface area contributed by atoms with Crippen molar-refractivity contribution < 1.29 is 4.42 Å². The first kappa shape index (κ1) is 31.8. The molecule has 0 atom stereocenters. The lowest BCUT2D eigenvalue weighted by Crippen LogP contribution is -2.27. The molecule has 2 heterocycles. The number of nitrogens with zero attached hydrogens (tertiary/aromatic N) is 3. The van der Waals surface area contributed by atoms with Crippen LogP contribution in [-0.2, 0) is 5.41 Å². The zero-order chi connectivity index (χ0) is 36.3. The average Bonchev–Trinajstić information content (AvgIpc) is 3.77. The fourth-order valence-electron chi connectivity index (χ4n) is 9.33. The molecule has 1 saturated carbocycles. The Hall–Kier alpha value is -6.65. The van der Waals surface area contributed by atoms with Crippen molar-refractivity contribution in [3.05, 3.63) is 175 Å². The fraction of sp³-hybridized carbons (Fsp3) is 0.118. The molecule has 0 saturated heterocycles. The molecule has 4 nitrogen and oxygen atoms in total. The first-order chi connectivity index (χ1) is 27.2. The standard InChI is InChI=1S/C51H37N3O/c1-4-13-33(14-5-1)34-21-23-36(24-22-34)48-52-49(37-26-28-44-42(31-37)40-17-8-9-19-43(40)51(44)29-10-3-11-30-51)54-50(53-48)38-25-27-41-46(32-38)55-45-20-12-18-39(47(41)45)35-15-6-2-7-16-35/h1-2,4-9,12-28,31-32H,3,10-11,29-30H2. The van der Waals surface area contributed by atoms with Crippen LogP contribution in [0.5, 0.6) is 0 Å². The molecule has 0 N–H and O–H groups in total. The Morgan fingerprint density at radius 3 is 1.71 bits per heavy atom. The topological polar surface area (TPSA) is 51.8 Å². The van der Waals surface area contributed by atoms with Gasteiger partial charge in [-0.2, -0.15) is 0 Å². The van der Waals surface area contributed by atoms with Crippen LogP contribution in [0.15, 0.2) is 168 Å². The van der Waals surface area contributed by atoms with Gasteiger partial charge in [-0.15, -0.1) is 0 Å². The predicted molar refractivity (Wildman–Crippen MR) is 224 cm³/mol. The normalized spacial score (nSPS) is 14.3. The van der Waals surface area contributed by atoms with E-state index in [-0.39, 0.29) is 5.41 Å². The van der Waals surface area contributed by atoms with Crippen molar-refractivity contribution in [2.24, 2.45) is 0 Å². The monoisotopic (exact) mass is 707 g/mol. The SMILES string of the molecule is c1ccc(-c2ccc(-c3nc(-c4ccc5c(c4)-c4ccccc4C54CCCCC4)nc(-c4ccc5c(c4)oc4cccc(-c6ccccc6)c45)n3)cc2)cc1. The molecule has 0 amide bonds. The zero-order valence-electron chi connectivity index (χ0n) is 30.4. The molecule has 0 unspecified atom stereocenters. The lowest BCUT2D eigenvalue weighted by molar-refractivity contribution is 0.353. The van der Waals surface area contributed by atoms with Gasteiger partial charge in [-0.3, -0.25) is 0 Å². The third kappa shape index (κ3) is 5.24. The Balaban J connectivity index is 1.07. The Bertz CT molecular complexity index is 2890. The van der Waals surface area contributed by atoms with Crippen LogP contribution in [0.3, 0.4) is 0 Å². The zero-order valence-corrected chi connectivity index (χ0v) is 30.4. The van der Waals surface area contributed by atoms with Crippen LogP contribution in [0.1, 0.15) is 43.2 Å². The number of rotatable bonds is 5. The Morgan fingerprint density at radius 1 is 0.382 bits per heavy atom. The summed E-state index contributed by atoms with van der Waals surface area (Å²) in [7, 11) is 0. The van der Waals surface area contributed by atoms with Gasteiger partial charge in [0, 0.05) is 32.9 Å². The number of benzene rings is 7. The summed E-state index contributed by atoms with van der Waals surface area (Å²) in [4.78, 5) is 15.5. The second-order valence-electron chi connectivity index (χ2n) is 15.1. The van der Waals surface area contributed by atoms with E-state index >= 15 is 0 Å². The summed E-state index contributed by atoms with van der Waals surface area (Å²) in [5.41, 5.74) is 14.8. The van der Waals surface area contributed by atoms with E-state index in [9.17, 15) is 0 Å². The van der Waals surface area contributed by atoms with E-state index < -0.39 is 0 Å². The van der Waals surface area contributed by atoms with Gasteiger partial charge in [0.05, 0.1) is 0 Å². The molecule has 11 rings (SSSR count). The predicted octanol–water partition coefficient (Wildman–Crippen LogP) is 13.3. The van der Waals surface area contributed by atoms with Crippen molar-refractivity contribution in [2.45, 2.75) is 37.5 Å². The summed E-state index contributed by atoms with van der Waals surface area (Å²) < 4.78 is 6.53. The van der Waals surface area contributed by atoms with E-state index in [1.165, 1.54) is 59.9 Å². The van der Waals surface area contributed by atoms with E-state index in [1.54, 1.807) is 0 Å². The van der Waals surface area contributed by atoms with E-state index in [0.717, 1.165) is 55.3 Å². The molecule has 4 heteroatoms. The molecule has 0 bridgehead atoms. The van der Waals surface area contributed by atoms with Crippen molar-refractivity contribution in [3.8, 4) is 67.5 Å². The summed E-state index contributed by atoms with van der Waals surface area (Å²) in [6, 6.07) is 58.0. The first-order valence-corrected chi connectivity index (χ1v) is 19.4. The van der Waals surface area contributed by atoms with Gasteiger partial charge in [0.25, 0.3) is 0 Å². The van der Waals surface area contributed by atoms with Gasteiger partial charge in [-0.1, -0.05) is 159 Å². The van der Waals surface area contributed by atoms with Crippen LogP contribution >= 0.6 is 0 Å². The molecule has 2 aromatic heterocycles. The van der Waals surface area contributed by atoms with Crippen molar-refractivity contribution >= 4 is 21.9 Å². The van der Waals surface area contributed by atoms with Crippen molar-refractivity contribution in [2.75, 3.05) is 0 Å². The molecule has 1 spiro atoms. The van der Waals surface area contributed by atoms with Crippen LogP contribution in [0.2, 0.25) is 0 Å². The second-order valence-corrected chi connectivity index (χ2v) is 15.1. The minimum absolute atomic E-state index is 0.0982. The average molecular weight is 708 g/mol. The van der Waals surface area contributed by atoms with Gasteiger partial charge in [0.1, 0.15) is 11.2 Å². The lowest BCUT2D eigenvalue weighted by atomic mass is 9.68. The van der Waals surface area contributed by atoms with E-state index in [4.69, 9.17) is 19.4 Å². The summed E-state index contributed by atoms with van der Waals surface area (Å²) in [6.07, 6.45) is 6.25. The molecule has 2 aliphatic rings.